The molecule has 1 aromatic rings. The summed E-state index contributed by atoms with van der Waals surface area (Å²) in [5, 5.41) is 7.81. The Morgan fingerprint density at radius 3 is 2.09 bits per heavy atom. The van der Waals surface area contributed by atoms with Crippen LogP contribution in [0.1, 0.15) is 38.7 Å². The van der Waals surface area contributed by atoms with Crippen LogP contribution < -0.4 is 21.7 Å². The summed E-state index contributed by atoms with van der Waals surface area (Å²) in [6.45, 7) is 7.19. The van der Waals surface area contributed by atoms with Crippen LogP contribution in [-0.4, -0.2) is 54.8 Å². The molecule has 0 spiro atoms. The van der Waals surface area contributed by atoms with Gasteiger partial charge in [-0.1, -0.05) is 50.8 Å². The number of hydrogen-bond donors (Lipinski definition) is 4. The molecule has 0 aliphatic heterocycles. The fraction of sp³-hybridized carbons (Fsp3) is 0.458. The average Bonchev–Trinajstić information content (AvgIpc) is 2.80. The molecule has 0 radical (unpaired) electrons. The first-order chi connectivity index (χ1) is 16.1. The SMILES string of the molecule is C=CC(=O)N[C@@H](CC(C)C)C(=O)NC(Cc1ccccc1)C(=O)N[C@@H](CCC(N)=O)C(=O)OC. The van der Waals surface area contributed by atoms with Crippen LogP contribution in [0.25, 0.3) is 0 Å². The lowest BCUT2D eigenvalue weighted by molar-refractivity contribution is -0.145. The van der Waals surface area contributed by atoms with Gasteiger partial charge >= 0.3 is 5.97 Å². The second-order valence-electron chi connectivity index (χ2n) is 8.24. The minimum Gasteiger partial charge on any atom is -0.467 e. The predicted octanol–water partition coefficient (Wildman–Crippen LogP) is 0.354. The van der Waals surface area contributed by atoms with Crippen LogP contribution in [-0.2, 0) is 35.1 Å². The number of nitrogens with two attached hydrogens (primary N) is 1. The maximum absolute atomic E-state index is 13.1. The van der Waals surface area contributed by atoms with Crippen LogP contribution in [0.2, 0.25) is 0 Å². The number of benzene rings is 1. The van der Waals surface area contributed by atoms with E-state index in [9.17, 15) is 24.0 Å². The van der Waals surface area contributed by atoms with Crippen molar-refractivity contribution in [2.75, 3.05) is 7.11 Å². The first kappa shape index (κ1) is 28.3. The predicted molar refractivity (Wildman–Crippen MR) is 126 cm³/mol. The van der Waals surface area contributed by atoms with Crippen molar-refractivity contribution in [1.82, 2.24) is 16.0 Å². The van der Waals surface area contributed by atoms with Gasteiger partial charge in [0.1, 0.15) is 18.1 Å². The van der Waals surface area contributed by atoms with E-state index in [2.05, 4.69) is 22.5 Å². The molecule has 0 aromatic heterocycles. The van der Waals surface area contributed by atoms with Gasteiger partial charge in [-0.05, 0) is 30.4 Å². The average molecular weight is 475 g/mol. The lowest BCUT2D eigenvalue weighted by atomic mass is 10.0. The number of ether oxygens (including phenoxy) is 1. The summed E-state index contributed by atoms with van der Waals surface area (Å²) < 4.78 is 4.71. The van der Waals surface area contributed by atoms with Crippen LogP contribution in [0.15, 0.2) is 43.0 Å². The molecular formula is C24H34N4O6. The minimum absolute atomic E-state index is 0.0505. The highest BCUT2D eigenvalue weighted by molar-refractivity contribution is 5.95. The molecule has 0 bridgehead atoms. The molecule has 186 valence electrons. The van der Waals surface area contributed by atoms with Crippen LogP contribution >= 0.6 is 0 Å². The number of carbonyl (C=O) groups excluding carboxylic acids is 5. The molecule has 1 aromatic carbocycles. The standard InChI is InChI=1S/C24H34N4O6/c1-5-21(30)26-18(13-15(2)3)22(31)28-19(14-16-9-7-6-8-10-16)23(32)27-17(24(33)34-4)11-12-20(25)29/h5-10,15,17-19H,1,11-14H2,2-4H3,(H2,25,29)(H,26,30)(H,27,32)(H,28,31)/t17-,18-,19?/m0/s1. The molecule has 0 aliphatic carbocycles. The Balaban J connectivity index is 3.12. The largest absolute Gasteiger partial charge is 0.467 e. The van der Waals surface area contributed by atoms with E-state index in [1.807, 2.05) is 19.9 Å². The number of primary amides is 1. The lowest BCUT2D eigenvalue weighted by Gasteiger charge is -2.25. The molecule has 0 saturated heterocycles. The Hall–Kier alpha value is -3.69. The normalized spacial score (nSPS) is 13.2. The fourth-order valence-electron chi connectivity index (χ4n) is 3.22. The second kappa shape index (κ2) is 14.5. The summed E-state index contributed by atoms with van der Waals surface area (Å²) in [6, 6.07) is 5.92. The Bertz CT molecular complexity index is 871. The van der Waals surface area contributed by atoms with Crippen molar-refractivity contribution in [3.63, 3.8) is 0 Å². The van der Waals surface area contributed by atoms with Gasteiger partial charge < -0.3 is 26.4 Å². The number of nitrogens with one attached hydrogen (secondary N) is 3. The molecule has 10 heteroatoms. The van der Waals surface area contributed by atoms with E-state index in [0.717, 1.165) is 18.7 Å². The van der Waals surface area contributed by atoms with Crippen molar-refractivity contribution >= 4 is 29.6 Å². The quantitative estimate of drug-likeness (QED) is 0.225. The van der Waals surface area contributed by atoms with E-state index in [1.165, 1.54) is 0 Å². The van der Waals surface area contributed by atoms with Gasteiger partial charge in [-0.2, -0.15) is 0 Å². The number of rotatable bonds is 14. The molecule has 10 nitrogen and oxygen atoms in total. The number of amides is 4. The van der Waals surface area contributed by atoms with Crippen molar-refractivity contribution < 1.29 is 28.7 Å². The Labute approximate surface area is 199 Å². The number of hydrogen-bond acceptors (Lipinski definition) is 6. The van der Waals surface area contributed by atoms with Crippen molar-refractivity contribution in [2.24, 2.45) is 11.7 Å². The highest BCUT2D eigenvalue weighted by Gasteiger charge is 2.30. The maximum Gasteiger partial charge on any atom is 0.328 e. The molecule has 0 aliphatic rings. The zero-order valence-electron chi connectivity index (χ0n) is 19.8. The van der Waals surface area contributed by atoms with E-state index in [4.69, 9.17) is 10.5 Å². The zero-order valence-corrected chi connectivity index (χ0v) is 19.8. The lowest BCUT2D eigenvalue weighted by Crippen LogP contribution is -2.56. The molecule has 0 saturated carbocycles. The highest BCUT2D eigenvalue weighted by atomic mass is 16.5. The minimum atomic E-state index is -1.12. The highest BCUT2D eigenvalue weighted by Crippen LogP contribution is 2.09. The van der Waals surface area contributed by atoms with Crippen LogP contribution in [0, 0.1) is 5.92 Å². The van der Waals surface area contributed by atoms with Gasteiger partial charge in [-0.15, -0.1) is 0 Å². The Morgan fingerprint density at radius 2 is 1.56 bits per heavy atom. The van der Waals surface area contributed by atoms with Gasteiger partial charge in [0.05, 0.1) is 7.11 Å². The van der Waals surface area contributed by atoms with E-state index in [1.54, 1.807) is 24.3 Å². The molecule has 3 atom stereocenters. The molecular weight excluding hydrogens is 440 g/mol. The van der Waals surface area contributed by atoms with Crippen molar-refractivity contribution in [1.29, 1.82) is 0 Å². The second-order valence-corrected chi connectivity index (χ2v) is 8.24. The molecule has 1 unspecified atom stereocenters. The third-order valence-corrected chi connectivity index (χ3v) is 4.92. The third kappa shape index (κ3) is 10.3. The topological polar surface area (TPSA) is 157 Å². The summed E-state index contributed by atoms with van der Waals surface area (Å²) in [4.78, 5) is 61.3. The molecule has 34 heavy (non-hydrogen) atoms. The summed E-state index contributed by atoms with van der Waals surface area (Å²) in [6.07, 6.45) is 1.35. The van der Waals surface area contributed by atoms with E-state index in [0.29, 0.717) is 6.42 Å². The van der Waals surface area contributed by atoms with E-state index < -0.39 is 47.7 Å². The van der Waals surface area contributed by atoms with Gasteiger partial charge in [0.25, 0.3) is 0 Å². The Kier molecular flexibility index (Phi) is 12.1. The van der Waals surface area contributed by atoms with Crippen molar-refractivity contribution in [2.45, 2.75) is 57.7 Å². The van der Waals surface area contributed by atoms with Gasteiger partial charge in [0, 0.05) is 12.8 Å². The molecule has 5 N–H and O–H groups in total. The molecule has 0 heterocycles. The molecule has 1 rings (SSSR count). The van der Waals surface area contributed by atoms with Gasteiger partial charge in [-0.25, -0.2) is 4.79 Å². The van der Waals surface area contributed by atoms with Gasteiger partial charge in [0.15, 0.2) is 0 Å². The Morgan fingerprint density at radius 1 is 0.971 bits per heavy atom. The van der Waals surface area contributed by atoms with Gasteiger partial charge in [-0.3, -0.25) is 19.2 Å². The summed E-state index contributed by atoms with van der Waals surface area (Å²) in [7, 11) is 1.16. The first-order valence-corrected chi connectivity index (χ1v) is 11.0. The summed E-state index contributed by atoms with van der Waals surface area (Å²) in [5.41, 5.74) is 5.93. The number of carbonyl (C=O) groups is 5. The maximum atomic E-state index is 13.1. The van der Waals surface area contributed by atoms with Crippen LogP contribution in [0.3, 0.4) is 0 Å². The number of esters is 1. The van der Waals surface area contributed by atoms with Crippen molar-refractivity contribution in [3.8, 4) is 0 Å². The fourth-order valence-corrected chi connectivity index (χ4v) is 3.22. The van der Waals surface area contributed by atoms with E-state index in [-0.39, 0.29) is 25.2 Å². The van der Waals surface area contributed by atoms with Crippen molar-refractivity contribution in [3.05, 3.63) is 48.6 Å². The first-order valence-electron chi connectivity index (χ1n) is 11.0. The molecule has 0 fully saturated rings. The van der Waals surface area contributed by atoms with E-state index >= 15 is 0 Å². The van der Waals surface area contributed by atoms with Crippen LogP contribution in [0.5, 0.6) is 0 Å². The smallest absolute Gasteiger partial charge is 0.328 e. The zero-order chi connectivity index (χ0) is 25.7. The number of methoxy groups -OCH3 is 1. The van der Waals surface area contributed by atoms with Crippen LogP contribution in [0.4, 0.5) is 0 Å². The summed E-state index contributed by atoms with van der Waals surface area (Å²) in [5.74, 6) is -2.99. The monoisotopic (exact) mass is 474 g/mol. The summed E-state index contributed by atoms with van der Waals surface area (Å²) >= 11 is 0. The third-order valence-electron chi connectivity index (χ3n) is 4.92. The van der Waals surface area contributed by atoms with Gasteiger partial charge in [0.2, 0.25) is 23.6 Å². The molecule has 4 amide bonds.